The maximum Gasteiger partial charge on any atom is 0.472 e. The maximum atomic E-state index is 12.7. The molecule has 3 N–H and O–H groups in total. The van der Waals surface area contributed by atoms with E-state index in [2.05, 4.69) is 50.3 Å². The minimum Gasteiger partial charge on any atom is -0.462 e. The van der Waals surface area contributed by atoms with Crippen molar-refractivity contribution in [3.8, 4) is 0 Å². The van der Waals surface area contributed by atoms with Gasteiger partial charge >= 0.3 is 19.8 Å². The van der Waals surface area contributed by atoms with Crippen LogP contribution < -0.4 is 0 Å². The van der Waals surface area contributed by atoms with Gasteiger partial charge in [-0.3, -0.25) is 23.4 Å². The van der Waals surface area contributed by atoms with Crippen LogP contribution in [0.4, 0.5) is 0 Å². The molecule has 0 heterocycles. The van der Waals surface area contributed by atoms with Gasteiger partial charge in [0.15, 0.2) is 6.10 Å². The highest BCUT2D eigenvalue weighted by atomic mass is 31.2. The van der Waals surface area contributed by atoms with Crippen molar-refractivity contribution in [2.24, 2.45) is 11.8 Å². The number of ketones is 1. The number of aliphatic hydroxyl groups excluding tert-OH is 2. The Labute approximate surface area is 368 Å². The number of carbonyl (C=O) groups excluding carboxylic acids is 3. The number of unbranched alkanes of at least 4 members (excludes halogenated alkanes) is 10. The van der Waals surface area contributed by atoms with Crippen LogP contribution in [0.25, 0.3) is 0 Å². The van der Waals surface area contributed by atoms with Gasteiger partial charge < -0.3 is 29.1 Å². The normalized spacial score (nSPS) is 19.5. The molecule has 1 saturated carbocycles. The van der Waals surface area contributed by atoms with Gasteiger partial charge in [-0.25, -0.2) is 4.57 Å². The molecule has 0 spiro atoms. The molecule has 1 unspecified atom stereocenters. The minimum atomic E-state index is -4.45. The number of ether oxygens (including phenoxy) is 2. The van der Waals surface area contributed by atoms with E-state index in [9.17, 15) is 34.1 Å². The molecule has 0 bridgehead atoms. The van der Waals surface area contributed by atoms with Gasteiger partial charge in [0, 0.05) is 31.1 Å². The van der Waals surface area contributed by atoms with Gasteiger partial charge in [-0.1, -0.05) is 120 Å². The third-order valence-corrected chi connectivity index (χ3v) is 11.4. The Hall–Kier alpha value is -2.70. The van der Waals surface area contributed by atoms with E-state index in [4.69, 9.17) is 18.5 Å². The highest BCUT2D eigenvalue weighted by Crippen LogP contribution is 2.43. The zero-order valence-electron chi connectivity index (χ0n) is 38.3. The zero-order chi connectivity index (χ0) is 45.2. The Morgan fingerprint density at radius 1 is 0.770 bits per heavy atom. The molecule has 1 rings (SSSR count). The number of allylic oxidation sites excluding steroid dienone is 9. The highest BCUT2D eigenvalue weighted by molar-refractivity contribution is 7.47. The minimum absolute atomic E-state index is 0.0184. The van der Waals surface area contributed by atoms with Gasteiger partial charge in [0.1, 0.15) is 25.5 Å². The van der Waals surface area contributed by atoms with Crippen molar-refractivity contribution in [2.45, 2.75) is 167 Å². The van der Waals surface area contributed by atoms with E-state index in [-0.39, 0.29) is 44.2 Å². The van der Waals surface area contributed by atoms with Crippen molar-refractivity contribution in [1.82, 2.24) is 0 Å². The Bertz CT molecular complexity index is 1390. The van der Waals surface area contributed by atoms with Gasteiger partial charge in [-0.2, -0.15) is 0 Å². The number of nitrogens with zero attached hydrogens (tertiary/aromatic N) is 1. The Morgan fingerprint density at radius 2 is 1.36 bits per heavy atom. The number of likely N-dealkylation sites (N-methyl/N-ethyl adjacent to an activating group) is 1. The van der Waals surface area contributed by atoms with E-state index in [1.807, 2.05) is 33.3 Å². The third-order valence-electron chi connectivity index (χ3n) is 10.4. The van der Waals surface area contributed by atoms with E-state index in [0.717, 1.165) is 64.2 Å². The molecular weight excluding hydrogens is 797 g/mol. The SMILES string of the molecule is CCCCC/C=C\C/C=C\C/C=C\CCCCCCC(=O)O[C@H](COC(=O)CCC/C=C\C[C@H]1[C@@H](O)CC(=O)[C@@H]1/C=C/[C@@H](O)CCCCC)COP(=O)(O)OCC[N+](C)(C)C. The lowest BCUT2D eigenvalue weighted by atomic mass is 9.90. The first-order valence-corrected chi connectivity index (χ1v) is 24.6. The number of phosphoric ester groups is 1. The molecule has 0 aliphatic heterocycles. The molecule has 1 aliphatic rings. The van der Waals surface area contributed by atoms with E-state index < -0.39 is 50.6 Å². The van der Waals surface area contributed by atoms with Crippen molar-refractivity contribution < 1.29 is 57.1 Å². The number of rotatable bonds is 37. The van der Waals surface area contributed by atoms with Crippen LogP contribution in [0.1, 0.15) is 149 Å². The lowest BCUT2D eigenvalue weighted by Gasteiger charge is -2.24. The second-order valence-electron chi connectivity index (χ2n) is 17.2. The molecule has 1 fully saturated rings. The molecule has 0 amide bonds. The van der Waals surface area contributed by atoms with Crippen LogP contribution in [-0.2, 0) is 37.5 Å². The smallest absolute Gasteiger partial charge is 0.462 e. The fourth-order valence-electron chi connectivity index (χ4n) is 6.65. The molecular formula is C48H83NO11P+. The first kappa shape index (κ1) is 56.3. The molecule has 13 heteroatoms. The number of carbonyl (C=O) groups is 3. The van der Waals surface area contributed by atoms with Crippen LogP contribution >= 0.6 is 7.82 Å². The topological polar surface area (TPSA) is 166 Å². The van der Waals surface area contributed by atoms with Crippen molar-refractivity contribution in [3.05, 3.63) is 60.8 Å². The molecule has 0 aromatic carbocycles. The standard InChI is InChI=1S/C48H82NO11P/c1-6-8-10-11-12-13-14-15-16-17-18-19-20-21-22-23-29-33-48(54)60-42(40-59-61(55,56)58-37-36-49(3,4)5)39-57-47(53)32-28-25-24-27-31-43-44(46(52)38-45(43)51)35-34-41(50)30-26-9-7-2/h12-13,15-16,18-19,24,27,34-35,41-45,50-51H,6-11,14,17,20-23,25-26,28-33,36-40H2,1-5H3/p+1/b13-12-,16-15-,19-18-,27-24-,35-34+/t41-,42+,43+,44+,45-/m0/s1. The van der Waals surface area contributed by atoms with Crippen molar-refractivity contribution >= 4 is 25.5 Å². The first-order chi connectivity index (χ1) is 29.2. The number of hydrogen-bond donors (Lipinski definition) is 3. The predicted molar refractivity (Wildman–Crippen MR) is 243 cm³/mol. The van der Waals surface area contributed by atoms with E-state index in [1.54, 1.807) is 12.2 Å². The summed E-state index contributed by atoms with van der Waals surface area (Å²) in [7, 11) is 1.31. The molecule has 1 aliphatic carbocycles. The van der Waals surface area contributed by atoms with E-state index >= 15 is 0 Å². The first-order valence-electron chi connectivity index (χ1n) is 23.1. The number of aliphatic hydroxyl groups is 2. The van der Waals surface area contributed by atoms with Crippen LogP contribution in [0.5, 0.6) is 0 Å². The van der Waals surface area contributed by atoms with E-state index in [1.165, 1.54) is 19.3 Å². The molecule has 0 saturated heterocycles. The summed E-state index contributed by atoms with van der Waals surface area (Å²) in [5.74, 6) is -1.76. The van der Waals surface area contributed by atoms with Gasteiger partial charge in [0.05, 0.1) is 40.0 Å². The molecule has 0 aromatic rings. The lowest BCUT2D eigenvalue weighted by Crippen LogP contribution is -2.37. The van der Waals surface area contributed by atoms with Crippen molar-refractivity contribution in [3.63, 3.8) is 0 Å². The summed E-state index contributed by atoms with van der Waals surface area (Å²) in [6.45, 7) is 3.94. The predicted octanol–water partition coefficient (Wildman–Crippen LogP) is 9.83. The summed E-state index contributed by atoms with van der Waals surface area (Å²) in [5.41, 5.74) is 0. The number of esters is 2. The summed E-state index contributed by atoms with van der Waals surface area (Å²) in [6.07, 6.45) is 34.9. The summed E-state index contributed by atoms with van der Waals surface area (Å²) in [4.78, 5) is 48.1. The molecule has 12 nitrogen and oxygen atoms in total. The molecule has 350 valence electrons. The quantitative estimate of drug-likeness (QED) is 0.0179. The second-order valence-corrected chi connectivity index (χ2v) is 18.7. The average molecular weight is 881 g/mol. The number of quaternary nitrogens is 1. The summed E-state index contributed by atoms with van der Waals surface area (Å²) in [5, 5.41) is 20.8. The highest BCUT2D eigenvalue weighted by Gasteiger charge is 2.39. The number of hydrogen-bond acceptors (Lipinski definition) is 10. The summed E-state index contributed by atoms with van der Waals surface area (Å²) in [6, 6.07) is 0. The molecule has 6 atom stereocenters. The Morgan fingerprint density at radius 3 is 2.03 bits per heavy atom. The van der Waals surface area contributed by atoms with Gasteiger partial charge in [0.2, 0.25) is 0 Å². The fraction of sp³-hybridized carbons (Fsp3) is 0.729. The Balaban J connectivity index is 2.51. The number of phosphoric acid groups is 1. The molecule has 0 aromatic heterocycles. The lowest BCUT2D eigenvalue weighted by molar-refractivity contribution is -0.870. The second kappa shape index (κ2) is 34.7. The monoisotopic (exact) mass is 881 g/mol. The maximum absolute atomic E-state index is 12.7. The van der Waals surface area contributed by atoms with Crippen LogP contribution in [-0.4, -0.2) is 103 Å². The van der Waals surface area contributed by atoms with Gasteiger partial charge in [-0.15, -0.1) is 0 Å². The average Bonchev–Trinajstić information content (AvgIpc) is 3.47. The van der Waals surface area contributed by atoms with E-state index in [0.29, 0.717) is 43.1 Å². The molecule has 61 heavy (non-hydrogen) atoms. The van der Waals surface area contributed by atoms with Crippen LogP contribution in [0.3, 0.4) is 0 Å². The van der Waals surface area contributed by atoms with Gasteiger partial charge in [-0.05, 0) is 70.6 Å². The van der Waals surface area contributed by atoms with Crippen molar-refractivity contribution in [1.29, 1.82) is 0 Å². The summed E-state index contributed by atoms with van der Waals surface area (Å²) >= 11 is 0. The van der Waals surface area contributed by atoms with Crippen LogP contribution in [0.15, 0.2) is 60.8 Å². The Kier molecular flexibility index (Phi) is 32.1. The van der Waals surface area contributed by atoms with Crippen LogP contribution in [0, 0.1) is 11.8 Å². The van der Waals surface area contributed by atoms with Crippen molar-refractivity contribution in [2.75, 3.05) is 47.5 Å². The van der Waals surface area contributed by atoms with Gasteiger partial charge in [0.25, 0.3) is 0 Å². The zero-order valence-corrected chi connectivity index (χ0v) is 39.2. The number of Topliss-reactive ketones (excluding diaryl/α,β-unsaturated/α-hetero) is 1. The molecule has 0 radical (unpaired) electrons. The third kappa shape index (κ3) is 31.7. The largest absolute Gasteiger partial charge is 0.472 e. The summed E-state index contributed by atoms with van der Waals surface area (Å²) < 4.78 is 34.2. The fourth-order valence-corrected chi connectivity index (χ4v) is 7.39. The van der Waals surface area contributed by atoms with Crippen LogP contribution in [0.2, 0.25) is 0 Å².